The highest BCUT2D eigenvalue weighted by molar-refractivity contribution is 6.00. The third kappa shape index (κ3) is 32.0. The molecule has 8 aliphatic heterocycles. The van der Waals surface area contributed by atoms with Gasteiger partial charge >= 0.3 is 24.4 Å². The lowest BCUT2D eigenvalue weighted by atomic mass is 10.0. The number of amides is 8. The van der Waals surface area contributed by atoms with Crippen LogP contribution >= 0.6 is 0 Å². The maximum atomic E-state index is 13.8. The second-order valence-electron chi connectivity index (χ2n) is 33.3. The molecule has 0 spiro atoms. The van der Waals surface area contributed by atoms with Gasteiger partial charge in [0.15, 0.2) is 22.9 Å². The number of allylic oxidation sites excluding steroid dienone is 2. The fraction of sp³-hybridized carbons (Fsp3) is 0.353. The highest BCUT2D eigenvalue weighted by Crippen LogP contribution is 2.33. The quantitative estimate of drug-likeness (QED) is 0.0244. The maximum absolute atomic E-state index is 13.8. The molecule has 34 heteroatoms. The molecule has 136 heavy (non-hydrogen) atoms. The standard InChI is InChI=1S/2C23H26N2O4.2C21H19F2N3O4.2C7H14N2/c2*26-22(28-17-19-10-4-1-5-11-19)24-21-14-8-3-9-15-25(16-21)23(27)29-18-20-12-6-2-7-13-20;2*22-13-6-5-12(16(23)8-13)9-24-20(29)15-11-26-14-4-2-1-3-7-25(10-14)21(30)17(26)19(28)18(15)27;2*8-7-4-2-1-3-5-9-6-7/h2*1-8,10-13,21H,9,14-18H2,(H,24,26);2*1-2,5-6,8,11,14,28H,3-4,7,9-10H2,(H,24,29);2*1-2,7,9H,3-6,8H2/b2*8-3-;4*2-1-/t2*21-;2*14-;2*7-/m101010/s1. The third-order valence-electron chi connectivity index (χ3n) is 22.9. The number of nitrogens with one attached hydrogen (secondary N) is 6. The largest absolute Gasteiger partial charge is 0.503 e. The number of nitrogens with two attached hydrogens (primary N) is 2. The minimum Gasteiger partial charge on any atom is -0.503 e. The molecule has 6 aromatic carbocycles. The molecule has 8 aromatic rings. The van der Waals surface area contributed by atoms with Crippen molar-refractivity contribution in [2.45, 2.75) is 153 Å². The summed E-state index contributed by atoms with van der Waals surface area (Å²) in [4.78, 5) is 132. The van der Waals surface area contributed by atoms with Crippen LogP contribution in [0.15, 0.2) is 253 Å². The number of rotatable bonds is 16. The van der Waals surface area contributed by atoms with Gasteiger partial charge in [0.2, 0.25) is 10.9 Å². The Hall–Kier alpha value is -14.2. The molecule has 0 saturated heterocycles. The predicted molar refractivity (Wildman–Crippen MR) is 505 cm³/mol. The number of aromatic nitrogens is 2. The number of ether oxygens (including phenoxy) is 4. The van der Waals surface area contributed by atoms with Crippen molar-refractivity contribution < 1.29 is 85.1 Å². The van der Waals surface area contributed by atoms with Crippen molar-refractivity contribution in [3.63, 3.8) is 0 Å². The summed E-state index contributed by atoms with van der Waals surface area (Å²) in [6.45, 7) is 7.99. The lowest BCUT2D eigenvalue weighted by molar-refractivity contribution is 0.0652. The van der Waals surface area contributed by atoms with E-state index in [1.807, 2.05) is 170 Å². The van der Waals surface area contributed by atoms with Gasteiger partial charge in [-0.2, -0.15) is 0 Å². The van der Waals surface area contributed by atoms with Crippen LogP contribution in [0.4, 0.5) is 36.7 Å². The number of hydrogen-bond donors (Lipinski definition) is 10. The molecule has 8 amide bonds. The SMILES string of the molecule is N[C@@H]1C/C=C\CCNC1.N[C@H]1C/C=C\CCNC1.O=C(NCc1ccc(F)cc1F)c1cn2c(c(O)c1=O)C(=O)N1CC/C=C\C[C@@H]2C1.O=C(NCc1ccc(F)cc1F)c1cn2c(c(O)c1=O)C(=O)N1CC/C=C\C[C@H]2C1.O=C(N[C@@H]1C/C=C\CCN(C(=O)OCc2ccccc2)C1)OCc1ccccc1.O=C(N[C@H]1C/C=C\CCN(C(=O)OCc2ccccc2)C1)OCc1ccccc1. The first kappa shape index (κ1) is 102. The molecule has 0 aliphatic carbocycles. The van der Waals surface area contributed by atoms with Crippen molar-refractivity contribution in [2.75, 3.05) is 78.5 Å². The van der Waals surface area contributed by atoms with Gasteiger partial charge in [0, 0.05) is 126 Å². The molecular weight excluding hydrogens is 1750 g/mol. The number of halogens is 4. The third-order valence-corrected chi connectivity index (χ3v) is 22.9. The number of pyridine rings is 2. The molecule has 12 N–H and O–H groups in total. The van der Waals surface area contributed by atoms with Gasteiger partial charge in [-0.1, -0.05) is 206 Å². The Morgan fingerprint density at radius 3 is 1.09 bits per heavy atom. The van der Waals surface area contributed by atoms with Crippen molar-refractivity contribution in [2.24, 2.45) is 11.5 Å². The van der Waals surface area contributed by atoms with Crippen LogP contribution in [-0.2, 0) is 58.5 Å². The van der Waals surface area contributed by atoms with Crippen LogP contribution in [0.25, 0.3) is 0 Å². The molecule has 2 aromatic heterocycles. The maximum Gasteiger partial charge on any atom is 0.410 e. The van der Waals surface area contributed by atoms with Crippen LogP contribution in [0, 0.1) is 23.3 Å². The molecule has 8 aliphatic rings. The molecule has 6 atom stereocenters. The molecule has 0 radical (unpaired) electrons. The average molecular weight is 1870 g/mol. The summed E-state index contributed by atoms with van der Waals surface area (Å²) in [5.41, 5.74) is 12.3. The lowest BCUT2D eigenvalue weighted by Gasteiger charge is -2.37. The monoisotopic (exact) mass is 1870 g/mol. The molecule has 4 bridgehead atoms. The normalized spacial score (nSPS) is 20.2. The molecule has 10 heterocycles. The lowest BCUT2D eigenvalue weighted by Crippen LogP contribution is -2.46. The zero-order valence-corrected chi connectivity index (χ0v) is 75.7. The molecule has 30 nitrogen and oxygen atoms in total. The van der Waals surface area contributed by atoms with Crippen molar-refractivity contribution >= 4 is 48.0 Å². The molecule has 0 fully saturated rings. The van der Waals surface area contributed by atoms with Gasteiger partial charge in [0.1, 0.15) is 60.8 Å². The number of hydrogen-bond acceptors (Lipinski definition) is 20. The van der Waals surface area contributed by atoms with Crippen LogP contribution in [0.1, 0.15) is 164 Å². The van der Waals surface area contributed by atoms with E-state index in [0.717, 1.165) is 99.1 Å². The van der Waals surface area contributed by atoms with E-state index in [-0.39, 0.29) is 110 Å². The second-order valence-corrected chi connectivity index (χ2v) is 33.3. The van der Waals surface area contributed by atoms with Gasteiger partial charge in [0.05, 0.1) is 24.2 Å². The van der Waals surface area contributed by atoms with Crippen LogP contribution in [-0.4, -0.2) is 190 Å². The first-order chi connectivity index (χ1) is 65.9. The Labute approximate surface area is 786 Å². The topological polar surface area (TPSA) is 395 Å². The van der Waals surface area contributed by atoms with Crippen molar-refractivity contribution in [1.29, 1.82) is 0 Å². The number of aromatic hydroxyl groups is 2. The Bertz CT molecular complexity index is 5310. The van der Waals surface area contributed by atoms with Gasteiger partial charge in [-0.3, -0.25) is 28.8 Å². The van der Waals surface area contributed by atoms with E-state index in [1.54, 1.807) is 19.6 Å². The number of carbonyl (C=O) groups excluding carboxylic acids is 8. The minimum absolute atomic E-state index is 0.0445. The van der Waals surface area contributed by atoms with E-state index in [9.17, 15) is 75.7 Å². The molecule has 0 unspecified atom stereocenters. The number of benzene rings is 6. The van der Waals surface area contributed by atoms with Crippen LogP contribution < -0.4 is 54.2 Å². The Kier molecular flexibility index (Phi) is 40.3. The van der Waals surface area contributed by atoms with Crippen LogP contribution in [0.2, 0.25) is 0 Å². The molecule has 720 valence electrons. The van der Waals surface area contributed by atoms with E-state index in [4.69, 9.17) is 30.4 Å². The van der Waals surface area contributed by atoms with Crippen molar-refractivity contribution in [3.05, 3.63) is 343 Å². The fourth-order valence-electron chi connectivity index (χ4n) is 15.5. The van der Waals surface area contributed by atoms with Gasteiger partial charge in [0.25, 0.3) is 23.6 Å². The van der Waals surface area contributed by atoms with Gasteiger partial charge in [-0.25, -0.2) is 36.7 Å². The van der Waals surface area contributed by atoms with Crippen LogP contribution in [0.5, 0.6) is 11.5 Å². The van der Waals surface area contributed by atoms with E-state index in [1.165, 1.54) is 33.7 Å². The Morgan fingerprint density at radius 1 is 0.397 bits per heavy atom. The van der Waals surface area contributed by atoms with E-state index >= 15 is 0 Å². The average Bonchev–Trinajstić information content (AvgIpc) is 0.755. The molecular formula is C102H118F4N14O16. The summed E-state index contributed by atoms with van der Waals surface area (Å²) in [7, 11) is 0. The Morgan fingerprint density at radius 2 is 0.728 bits per heavy atom. The van der Waals surface area contributed by atoms with Crippen molar-refractivity contribution in [1.82, 2.24) is 60.6 Å². The molecule has 0 saturated carbocycles. The summed E-state index contributed by atoms with van der Waals surface area (Å²) < 4.78 is 78.0. The van der Waals surface area contributed by atoms with E-state index < -0.39 is 81.4 Å². The van der Waals surface area contributed by atoms with Gasteiger partial charge < -0.3 is 101 Å². The van der Waals surface area contributed by atoms with Crippen molar-refractivity contribution in [3.8, 4) is 11.5 Å². The Balaban J connectivity index is 0.000000163. The number of nitrogens with zero attached hydrogens (tertiary/aromatic N) is 6. The van der Waals surface area contributed by atoms with Gasteiger partial charge in [-0.05, 0) is 125 Å². The summed E-state index contributed by atoms with van der Waals surface area (Å²) in [5, 5.41) is 37.9. The van der Waals surface area contributed by atoms with Gasteiger partial charge in [-0.15, -0.1) is 0 Å². The summed E-state index contributed by atoms with van der Waals surface area (Å²) in [6.07, 6.45) is 35.0. The zero-order valence-electron chi connectivity index (χ0n) is 75.7. The minimum atomic E-state index is -0.972. The van der Waals surface area contributed by atoms with Crippen LogP contribution in [0.3, 0.4) is 0 Å². The second kappa shape index (κ2) is 53.6. The highest BCUT2D eigenvalue weighted by Gasteiger charge is 2.38. The highest BCUT2D eigenvalue weighted by atomic mass is 19.1. The molecule has 16 rings (SSSR count). The number of carbonyl (C=O) groups is 8. The predicted octanol–water partition coefficient (Wildman–Crippen LogP) is 13.3. The summed E-state index contributed by atoms with van der Waals surface area (Å²) in [6, 6.07) is 43.7. The zero-order chi connectivity index (χ0) is 96.5. The number of alkyl carbamates (subject to hydrolysis) is 2. The van der Waals surface area contributed by atoms with E-state index in [2.05, 4.69) is 56.2 Å². The first-order valence-electron chi connectivity index (χ1n) is 45.6. The summed E-state index contributed by atoms with van der Waals surface area (Å²) in [5.74, 6) is -7.27. The summed E-state index contributed by atoms with van der Waals surface area (Å²) >= 11 is 0. The smallest absolute Gasteiger partial charge is 0.410 e. The fourth-order valence-corrected chi connectivity index (χ4v) is 15.5. The van der Waals surface area contributed by atoms with E-state index in [0.29, 0.717) is 115 Å². The first-order valence-corrected chi connectivity index (χ1v) is 45.6. The number of fused-ring (bicyclic) bond motifs is 8.